The second kappa shape index (κ2) is 9.99. The standard InChI is InChI=1S/C25H25N3O4S2/c1-4-15-34(30,31)16-18-7-5-8-20-19(18)11-10-17(2)23(20)32-24-21(9-6-13-26-24)22-12-14-27-25(28-22)33(3)29/h5-14H,4,15-16H2,1-3H3. The van der Waals surface area contributed by atoms with Gasteiger partial charge in [0.1, 0.15) is 5.75 Å². The molecule has 34 heavy (non-hydrogen) atoms. The van der Waals surface area contributed by atoms with E-state index in [1.54, 1.807) is 24.5 Å². The number of pyridine rings is 1. The molecule has 0 fully saturated rings. The maximum atomic E-state index is 12.5. The highest BCUT2D eigenvalue weighted by Crippen LogP contribution is 2.37. The van der Waals surface area contributed by atoms with Gasteiger partial charge in [-0.3, -0.25) is 4.21 Å². The molecule has 7 nitrogen and oxygen atoms in total. The van der Waals surface area contributed by atoms with Crippen LogP contribution in [0.25, 0.3) is 22.0 Å². The first-order chi connectivity index (χ1) is 16.3. The maximum Gasteiger partial charge on any atom is 0.228 e. The Labute approximate surface area is 201 Å². The summed E-state index contributed by atoms with van der Waals surface area (Å²) >= 11 is 0. The summed E-state index contributed by atoms with van der Waals surface area (Å²) in [6, 6.07) is 14.8. The van der Waals surface area contributed by atoms with Gasteiger partial charge < -0.3 is 4.74 Å². The highest BCUT2D eigenvalue weighted by Gasteiger charge is 2.18. The number of benzene rings is 2. The van der Waals surface area contributed by atoms with Gasteiger partial charge in [-0.05, 0) is 48.1 Å². The maximum absolute atomic E-state index is 12.5. The smallest absolute Gasteiger partial charge is 0.228 e. The second-order valence-electron chi connectivity index (χ2n) is 7.95. The van der Waals surface area contributed by atoms with Gasteiger partial charge in [-0.1, -0.05) is 37.3 Å². The Kier molecular flexibility index (Phi) is 7.04. The van der Waals surface area contributed by atoms with Gasteiger partial charge in [0.2, 0.25) is 11.0 Å². The van der Waals surface area contributed by atoms with Crippen LogP contribution in [-0.4, -0.2) is 39.6 Å². The summed E-state index contributed by atoms with van der Waals surface area (Å²) in [6.45, 7) is 3.79. The van der Waals surface area contributed by atoms with E-state index in [0.717, 1.165) is 21.9 Å². The zero-order valence-electron chi connectivity index (χ0n) is 19.2. The molecule has 0 amide bonds. The summed E-state index contributed by atoms with van der Waals surface area (Å²) in [5, 5.41) is 1.86. The predicted molar refractivity (Wildman–Crippen MR) is 134 cm³/mol. The summed E-state index contributed by atoms with van der Waals surface area (Å²) in [4.78, 5) is 12.9. The van der Waals surface area contributed by atoms with E-state index in [4.69, 9.17) is 4.74 Å². The fraction of sp³-hybridized carbons (Fsp3) is 0.240. The number of aryl methyl sites for hydroxylation is 1. The number of rotatable bonds is 8. The molecule has 9 heteroatoms. The first kappa shape index (κ1) is 24.0. The monoisotopic (exact) mass is 495 g/mol. The van der Waals surface area contributed by atoms with Crippen LogP contribution in [0.15, 0.2) is 66.1 Å². The Morgan fingerprint density at radius 2 is 1.79 bits per heavy atom. The summed E-state index contributed by atoms with van der Waals surface area (Å²) in [7, 11) is -4.53. The van der Waals surface area contributed by atoms with E-state index < -0.39 is 20.6 Å². The van der Waals surface area contributed by atoms with Gasteiger partial charge in [0.25, 0.3) is 0 Å². The van der Waals surface area contributed by atoms with E-state index in [0.29, 0.717) is 29.3 Å². The highest BCUT2D eigenvalue weighted by atomic mass is 32.2. The SMILES string of the molecule is CCCS(=O)(=O)Cc1cccc2c(Oc3ncccc3-c3ccnc(S(C)=O)n3)c(C)ccc12. The zero-order valence-corrected chi connectivity index (χ0v) is 20.8. The van der Waals surface area contributed by atoms with Crippen LogP contribution in [0.2, 0.25) is 0 Å². The minimum absolute atomic E-state index is 0.0204. The first-order valence-electron chi connectivity index (χ1n) is 10.8. The number of sulfone groups is 1. The van der Waals surface area contributed by atoms with Crippen LogP contribution in [0.5, 0.6) is 11.6 Å². The van der Waals surface area contributed by atoms with Crippen LogP contribution >= 0.6 is 0 Å². The molecule has 4 rings (SSSR count). The van der Waals surface area contributed by atoms with Crippen molar-refractivity contribution in [3.05, 3.63) is 72.1 Å². The predicted octanol–water partition coefficient (Wildman–Crippen LogP) is 4.85. The normalized spacial score (nSPS) is 12.6. The molecule has 0 saturated heterocycles. The molecule has 2 heterocycles. The molecule has 0 N–H and O–H groups in total. The Morgan fingerprint density at radius 3 is 2.56 bits per heavy atom. The molecule has 2 aromatic carbocycles. The van der Waals surface area contributed by atoms with Crippen molar-refractivity contribution < 1.29 is 17.4 Å². The van der Waals surface area contributed by atoms with Crippen LogP contribution < -0.4 is 4.74 Å². The molecule has 0 radical (unpaired) electrons. The fourth-order valence-electron chi connectivity index (χ4n) is 3.78. The Morgan fingerprint density at radius 1 is 0.971 bits per heavy atom. The topological polar surface area (TPSA) is 99.1 Å². The van der Waals surface area contributed by atoms with E-state index in [9.17, 15) is 12.6 Å². The molecular weight excluding hydrogens is 470 g/mol. The molecular formula is C25H25N3O4S2. The third-order valence-corrected chi connectivity index (χ3v) is 7.82. The van der Waals surface area contributed by atoms with Crippen LogP contribution in [0.4, 0.5) is 0 Å². The van der Waals surface area contributed by atoms with Gasteiger partial charge in [-0.2, -0.15) is 0 Å². The molecule has 176 valence electrons. The van der Waals surface area contributed by atoms with Crippen molar-refractivity contribution in [1.82, 2.24) is 15.0 Å². The van der Waals surface area contributed by atoms with Gasteiger partial charge in [0, 0.05) is 24.0 Å². The van der Waals surface area contributed by atoms with Crippen LogP contribution in [0.1, 0.15) is 24.5 Å². The molecule has 0 aliphatic carbocycles. The average Bonchev–Trinajstić information content (AvgIpc) is 2.81. The molecule has 1 unspecified atom stereocenters. The molecule has 0 saturated carbocycles. The number of hydrogen-bond acceptors (Lipinski definition) is 7. The Hall–Kier alpha value is -3.17. The van der Waals surface area contributed by atoms with Crippen molar-refractivity contribution in [1.29, 1.82) is 0 Å². The summed E-state index contributed by atoms with van der Waals surface area (Å²) < 4.78 is 43.2. The Bertz CT molecular complexity index is 1490. The summed E-state index contributed by atoms with van der Waals surface area (Å²) in [5.74, 6) is 1.07. The largest absolute Gasteiger partial charge is 0.437 e. The zero-order chi connectivity index (χ0) is 24.3. The van der Waals surface area contributed by atoms with Gasteiger partial charge in [0.05, 0.1) is 33.6 Å². The number of ether oxygens (including phenoxy) is 1. The summed E-state index contributed by atoms with van der Waals surface area (Å²) in [5.41, 5.74) is 2.81. The van der Waals surface area contributed by atoms with E-state index in [2.05, 4.69) is 15.0 Å². The lowest BCUT2D eigenvalue weighted by Gasteiger charge is -2.15. The van der Waals surface area contributed by atoms with Gasteiger partial charge >= 0.3 is 0 Å². The third kappa shape index (κ3) is 5.15. The lowest BCUT2D eigenvalue weighted by Crippen LogP contribution is -2.09. The van der Waals surface area contributed by atoms with Gasteiger partial charge in [-0.25, -0.2) is 23.4 Å². The first-order valence-corrected chi connectivity index (χ1v) is 14.2. The van der Waals surface area contributed by atoms with E-state index in [1.807, 2.05) is 50.2 Å². The van der Waals surface area contributed by atoms with Crippen molar-refractivity contribution in [3.8, 4) is 22.9 Å². The average molecular weight is 496 g/mol. The van der Waals surface area contributed by atoms with Crippen molar-refractivity contribution in [2.45, 2.75) is 31.2 Å². The van der Waals surface area contributed by atoms with Gasteiger partial charge in [-0.15, -0.1) is 0 Å². The number of nitrogens with zero attached hydrogens (tertiary/aromatic N) is 3. The van der Waals surface area contributed by atoms with Crippen LogP contribution in [0, 0.1) is 6.92 Å². The second-order valence-corrected chi connectivity index (χ2v) is 11.4. The Balaban J connectivity index is 1.80. The van der Waals surface area contributed by atoms with Crippen molar-refractivity contribution >= 4 is 31.4 Å². The quantitative estimate of drug-likeness (QED) is 0.322. The lowest BCUT2D eigenvalue weighted by atomic mass is 10.0. The molecule has 4 aromatic rings. The van der Waals surface area contributed by atoms with Crippen LogP contribution in [-0.2, 0) is 26.4 Å². The van der Waals surface area contributed by atoms with E-state index in [1.165, 1.54) is 6.26 Å². The minimum atomic E-state index is -3.20. The van der Waals surface area contributed by atoms with Crippen LogP contribution in [0.3, 0.4) is 0 Å². The molecule has 0 spiro atoms. The van der Waals surface area contributed by atoms with Crippen molar-refractivity contribution in [2.75, 3.05) is 12.0 Å². The minimum Gasteiger partial charge on any atom is -0.437 e. The molecule has 2 aromatic heterocycles. The van der Waals surface area contributed by atoms with E-state index in [-0.39, 0.29) is 16.7 Å². The highest BCUT2D eigenvalue weighted by molar-refractivity contribution is 7.90. The van der Waals surface area contributed by atoms with Crippen molar-refractivity contribution in [3.63, 3.8) is 0 Å². The molecule has 0 aliphatic heterocycles. The fourth-order valence-corrected chi connectivity index (χ4v) is 5.71. The number of aromatic nitrogens is 3. The molecule has 0 aliphatic rings. The summed E-state index contributed by atoms with van der Waals surface area (Å²) in [6.07, 6.45) is 5.29. The molecule has 0 bridgehead atoms. The number of fused-ring (bicyclic) bond motifs is 1. The number of hydrogen-bond donors (Lipinski definition) is 0. The van der Waals surface area contributed by atoms with E-state index >= 15 is 0 Å². The van der Waals surface area contributed by atoms with Gasteiger partial charge in [0.15, 0.2) is 9.84 Å². The third-order valence-electron chi connectivity index (χ3n) is 5.33. The molecule has 1 atom stereocenters. The van der Waals surface area contributed by atoms with Crippen molar-refractivity contribution in [2.24, 2.45) is 0 Å². The lowest BCUT2D eigenvalue weighted by molar-refractivity contribution is 0.466.